The van der Waals surface area contributed by atoms with Crippen molar-refractivity contribution in [3.8, 4) is 0 Å². The summed E-state index contributed by atoms with van der Waals surface area (Å²) in [5, 5.41) is 3.29. The molecule has 1 N–H and O–H groups in total. The Morgan fingerprint density at radius 2 is 1.88 bits per heavy atom. The predicted octanol–water partition coefficient (Wildman–Crippen LogP) is 5.32. The highest BCUT2D eigenvalue weighted by Gasteiger charge is 2.09. The number of aryl methyl sites for hydroxylation is 1. The number of benzene rings is 2. The second-order valence-corrected chi connectivity index (χ2v) is 6.70. The van der Waals surface area contributed by atoms with Gasteiger partial charge in [0.15, 0.2) is 0 Å². The van der Waals surface area contributed by atoms with Crippen LogP contribution in [0.5, 0.6) is 0 Å². The van der Waals surface area contributed by atoms with Crippen LogP contribution >= 0.6 is 15.9 Å². The molecular formula is C20H21BrN4. The molecule has 0 unspecified atom stereocenters. The number of nitrogens with zero attached hydrogens (tertiary/aromatic N) is 3. The van der Waals surface area contributed by atoms with Crippen LogP contribution in [-0.2, 0) is 6.54 Å². The lowest BCUT2D eigenvalue weighted by Gasteiger charge is -2.22. The van der Waals surface area contributed by atoms with Gasteiger partial charge in [-0.3, -0.25) is 0 Å². The minimum atomic E-state index is 0.591. The van der Waals surface area contributed by atoms with Gasteiger partial charge in [-0.2, -0.15) is 4.98 Å². The molecule has 25 heavy (non-hydrogen) atoms. The van der Waals surface area contributed by atoms with Gasteiger partial charge in [-0.05, 0) is 59.1 Å². The highest BCUT2D eigenvalue weighted by molar-refractivity contribution is 9.10. The Bertz CT molecular complexity index is 836. The first-order valence-electron chi connectivity index (χ1n) is 8.31. The molecule has 1 heterocycles. The number of hydrogen-bond donors (Lipinski definition) is 1. The lowest BCUT2D eigenvalue weighted by molar-refractivity contribution is 0.811. The Morgan fingerprint density at radius 1 is 1.08 bits per heavy atom. The van der Waals surface area contributed by atoms with Crippen molar-refractivity contribution in [1.29, 1.82) is 0 Å². The Labute approximate surface area is 157 Å². The zero-order valence-corrected chi connectivity index (χ0v) is 16.0. The standard InChI is InChI=1S/C20H21BrN4/c1-3-25(14-16-7-5-4-6-8-16)19-11-12-22-20(24-19)23-18-10-9-15(2)13-17(18)21/h4-13H,3,14H2,1-2H3,(H,22,23,24). The molecule has 2 aromatic carbocycles. The van der Waals surface area contributed by atoms with Gasteiger partial charge >= 0.3 is 0 Å². The average molecular weight is 397 g/mol. The van der Waals surface area contributed by atoms with E-state index in [1.54, 1.807) is 6.20 Å². The Kier molecular flexibility index (Phi) is 5.66. The summed E-state index contributed by atoms with van der Waals surface area (Å²) in [7, 11) is 0. The molecular weight excluding hydrogens is 376 g/mol. The Hall–Kier alpha value is -2.40. The fourth-order valence-corrected chi connectivity index (χ4v) is 3.18. The molecule has 0 aliphatic heterocycles. The molecule has 3 rings (SSSR count). The molecule has 0 bridgehead atoms. The molecule has 0 amide bonds. The smallest absolute Gasteiger partial charge is 0.229 e. The van der Waals surface area contributed by atoms with E-state index in [0.717, 1.165) is 29.1 Å². The summed E-state index contributed by atoms with van der Waals surface area (Å²) >= 11 is 3.58. The number of aromatic nitrogens is 2. The van der Waals surface area contributed by atoms with E-state index in [-0.39, 0.29) is 0 Å². The molecule has 3 aromatic rings. The first-order chi connectivity index (χ1) is 12.2. The molecule has 0 atom stereocenters. The molecule has 0 aliphatic carbocycles. The van der Waals surface area contributed by atoms with Gasteiger partial charge in [-0.25, -0.2) is 4.98 Å². The Balaban J connectivity index is 1.80. The fourth-order valence-electron chi connectivity index (χ4n) is 2.59. The minimum Gasteiger partial charge on any atom is -0.352 e. The maximum atomic E-state index is 4.68. The lowest BCUT2D eigenvalue weighted by Crippen LogP contribution is -2.23. The van der Waals surface area contributed by atoms with Gasteiger partial charge in [-0.1, -0.05) is 36.4 Å². The van der Waals surface area contributed by atoms with E-state index in [1.165, 1.54) is 11.1 Å². The summed E-state index contributed by atoms with van der Waals surface area (Å²) in [6.45, 7) is 5.89. The highest BCUT2D eigenvalue weighted by Crippen LogP contribution is 2.26. The third-order valence-corrected chi connectivity index (χ3v) is 4.59. The van der Waals surface area contributed by atoms with Crippen molar-refractivity contribution < 1.29 is 0 Å². The van der Waals surface area contributed by atoms with Gasteiger partial charge in [0.2, 0.25) is 5.95 Å². The summed E-state index contributed by atoms with van der Waals surface area (Å²) in [5.41, 5.74) is 3.42. The van der Waals surface area contributed by atoms with E-state index < -0.39 is 0 Å². The fraction of sp³-hybridized carbons (Fsp3) is 0.200. The number of anilines is 3. The van der Waals surface area contributed by atoms with E-state index in [0.29, 0.717) is 5.95 Å². The monoisotopic (exact) mass is 396 g/mol. The average Bonchev–Trinajstić information content (AvgIpc) is 2.63. The number of rotatable bonds is 6. The second kappa shape index (κ2) is 8.12. The van der Waals surface area contributed by atoms with Gasteiger partial charge in [-0.15, -0.1) is 0 Å². The van der Waals surface area contributed by atoms with Crippen molar-refractivity contribution in [2.45, 2.75) is 20.4 Å². The zero-order valence-electron chi connectivity index (χ0n) is 14.4. The van der Waals surface area contributed by atoms with Gasteiger partial charge in [0, 0.05) is 23.8 Å². The van der Waals surface area contributed by atoms with Crippen LogP contribution in [0.3, 0.4) is 0 Å². The van der Waals surface area contributed by atoms with Crippen molar-refractivity contribution in [2.24, 2.45) is 0 Å². The summed E-state index contributed by atoms with van der Waals surface area (Å²) in [6, 6.07) is 18.5. The maximum absolute atomic E-state index is 4.68. The van der Waals surface area contributed by atoms with Crippen LogP contribution < -0.4 is 10.2 Å². The van der Waals surface area contributed by atoms with E-state index in [4.69, 9.17) is 0 Å². The van der Waals surface area contributed by atoms with E-state index in [9.17, 15) is 0 Å². The zero-order chi connectivity index (χ0) is 17.6. The molecule has 4 nitrogen and oxygen atoms in total. The number of nitrogens with one attached hydrogen (secondary N) is 1. The number of hydrogen-bond acceptors (Lipinski definition) is 4. The molecule has 0 aliphatic rings. The van der Waals surface area contributed by atoms with Crippen LogP contribution in [0.2, 0.25) is 0 Å². The van der Waals surface area contributed by atoms with Gasteiger partial charge in [0.1, 0.15) is 5.82 Å². The molecule has 5 heteroatoms. The van der Waals surface area contributed by atoms with Crippen LogP contribution in [0.25, 0.3) is 0 Å². The van der Waals surface area contributed by atoms with Gasteiger partial charge in [0.05, 0.1) is 5.69 Å². The summed E-state index contributed by atoms with van der Waals surface area (Å²) in [5.74, 6) is 1.50. The highest BCUT2D eigenvalue weighted by atomic mass is 79.9. The van der Waals surface area contributed by atoms with Crippen LogP contribution in [-0.4, -0.2) is 16.5 Å². The summed E-state index contributed by atoms with van der Waals surface area (Å²) in [4.78, 5) is 11.3. The molecule has 0 radical (unpaired) electrons. The molecule has 1 aromatic heterocycles. The van der Waals surface area contributed by atoms with Gasteiger partial charge in [0.25, 0.3) is 0 Å². The third kappa shape index (κ3) is 4.57. The first-order valence-corrected chi connectivity index (χ1v) is 9.10. The van der Waals surface area contributed by atoms with E-state index in [1.807, 2.05) is 18.2 Å². The third-order valence-electron chi connectivity index (χ3n) is 3.93. The molecule has 0 saturated carbocycles. The summed E-state index contributed by atoms with van der Waals surface area (Å²) < 4.78 is 0.998. The van der Waals surface area contributed by atoms with Crippen molar-refractivity contribution in [1.82, 2.24) is 9.97 Å². The second-order valence-electron chi connectivity index (χ2n) is 5.85. The normalized spacial score (nSPS) is 10.5. The van der Waals surface area contributed by atoms with Gasteiger partial charge < -0.3 is 10.2 Å². The molecule has 0 fully saturated rings. The minimum absolute atomic E-state index is 0.591. The lowest BCUT2D eigenvalue weighted by atomic mass is 10.2. The largest absolute Gasteiger partial charge is 0.352 e. The first kappa shape index (κ1) is 17.4. The van der Waals surface area contributed by atoms with E-state index >= 15 is 0 Å². The number of halogens is 1. The SMILES string of the molecule is CCN(Cc1ccccc1)c1ccnc(Nc2ccc(C)cc2Br)n1. The maximum Gasteiger partial charge on any atom is 0.229 e. The van der Waals surface area contributed by atoms with Crippen LogP contribution in [0, 0.1) is 6.92 Å². The van der Waals surface area contributed by atoms with Crippen molar-refractivity contribution >= 4 is 33.4 Å². The van der Waals surface area contributed by atoms with Crippen LogP contribution in [0.15, 0.2) is 65.3 Å². The van der Waals surface area contributed by atoms with Crippen molar-refractivity contribution in [3.63, 3.8) is 0 Å². The molecule has 0 spiro atoms. The Morgan fingerprint density at radius 3 is 2.60 bits per heavy atom. The van der Waals surface area contributed by atoms with Crippen LogP contribution in [0.1, 0.15) is 18.1 Å². The molecule has 128 valence electrons. The van der Waals surface area contributed by atoms with Crippen molar-refractivity contribution in [3.05, 3.63) is 76.4 Å². The predicted molar refractivity (Wildman–Crippen MR) is 107 cm³/mol. The van der Waals surface area contributed by atoms with Crippen molar-refractivity contribution in [2.75, 3.05) is 16.8 Å². The quantitative estimate of drug-likeness (QED) is 0.612. The molecule has 0 saturated heterocycles. The summed E-state index contributed by atoms with van der Waals surface area (Å²) in [6.07, 6.45) is 1.79. The van der Waals surface area contributed by atoms with E-state index in [2.05, 4.69) is 86.4 Å². The topological polar surface area (TPSA) is 41.1 Å². The van der Waals surface area contributed by atoms with Crippen LogP contribution in [0.4, 0.5) is 17.5 Å².